The number of hydrogen-bond acceptors (Lipinski definition) is 2. The van der Waals surface area contributed by atoms with Gasteiger partial charge in [-0.2, -0.15) is 0 Å². The van der Waals surface area contributed by atoms with Gasteiger partial charge in [0.1, 0.15) is 6.61 Å². The Hall–Kier alpha value is -0.610. The van der Waals surface area contributed by atoms with Crippen molar-refractivity contribution in [2.24, 2.45) is 0 Å². The summed E-state index contributed by atoms with van der Waals surface area (Å²) in [7, 11) is 1.59. The Kier molecular flexibility index (Phi) is 4.35. The van der Waals surface area contributed by atoms with Gasteiger partial charge in [-0.3, -0.25) is 0 Å². The molecule has 0 N–H and O–H groups in total. The average Bonchev–Trinajstić information content (AvgIpc) is 2.19. The monoisotopic (exact) mass is 262 g/mol. The maximum absolute atomic E-state index is 13.1. The molecule has 1 aromatic rings. The van der Waals surface area contributed by atoms with E-state index in [2.05, 4.69) is 15.9 Å². The van der Waals surface area contributed by atoms with Crippen LogP contribution in [0.4, 0.5) is 4.39 Å². The van der Waals surface area contributed by atoms with Gasteiger partial charge in [0, 0.05) is 11.6 Å². The predicted molar refractivity (Wildman–Crippen MR) is 56.1 cm³/mol. The summed E-state index contributed by atoms with van der Waals surface area (Å²) in [4.78, 5) is 0. The van der Waals surface area contributed by atoms with E-state index in [9.17, 15) is 4.39 Å². The van der Waals surface area contributed by atoms with Crippen molar-refractivity contribution in [2.75, 3.05) is 13.7 Å². The number of hydrogen-bond donors (Lipinski definition) is 0. The minimum Gasteiger partial charge on any atom is -0.488 e. The maximum Gasteiger partial charge on any atom is 0.165 e. The fourth-order valence-electron chi connectivity index (χ4n) is 0.863. The van der Waals surface area contributed by atoms with Crippen molar-refractivity contribution in [2.45, 2.75) is 13.0 Å². The summed E-state index contributed by atoms with van der Waals surface area (Å²) in [5, 5.41) is 0. The Morgan fingerprint density at radius 2 is 2.21 bits per heavy atom. The van der Waals surface area contributed by atoms with Crippen LogP contribution in [0.15, 0.2) is 22.7 Å². The van der Waals surface area contributed by atoms with Gasteiger partial charge in [-0.1, -0.05) is 15.9 Å². The smallest absolute Gasteiger partial charge is 0.165 e. The predicted octanol–water partition coefficient (Wildman–Crippen LogP) is 3.00. The molecule has 1 aromatic carbocycles. The molecule has 14 heavy (non-hydrogen) atoms. The Morgan fingerprint density at radius 1 is 1.50 bits per heavy atom. The first kappa shape index (κ1) is 11.5. The van der Waals surface area contributed by atoms with Crippen molar-refractivity contribution in [3.05, 3.63) is 28.5 Å². The van der Waals surface area contributed by atoms with Gasteiger partial charge in [-0.05, 0) is 25.1 Å². The standard InChI is InChI=1S/C10H12BrFO2/c1-7(13-2)6-14-10-5-8(11)3-4-9(10)12/h3-5,7H,6H2,1-2H3. The highest BCUT2D eigenvalue weighted by Gasteiger charge is 2.06. The Bertz CT molecular complexity index is 304. The van der Waals surface area contributed by atoms with Crippen molar-refractivity contribution in [1.82, 2.24) is 0 Å². The second-order valence-electron chi connectivity index (χ2n) is 2.93. The zero-order chi connectivity index (χ0) is 10.6. The summed E-state index contributed by atoms with van der Waals surface area (Å²) in [5.74, 6) is -0.125. The SMILES string of the molecule is COC(C)COc1cc(Br)ccc1F. The molecule has 0 radical (unpaired) electrons. The summed E-state index contributed by atoms with van der Waals surface area (Å²) in [6.45, 7) is 2.19. The van der Waals surface area contributed by atoms with E-state index in [4.69, 9.17) is 9.47 Å². The maximum atomic E-state index is 13.1. The lowest BCUT2D eigenvalue weighted by Crippen LogP contribution is -2.16. The van der Waals surface area contributed by atoms with Crippen molar-refractivity contribution >= 4 is 15.9 Å². The number of methoxy groups -OCH3 is 1. The zero-order valence-corrected chi connectivity index (χ0v) is 9.67. The van der Waals surface area contributed by atoms with Gasteiger partial charge in [0.25, 0.3) is 0 Å². The fraction of sp³-hybridized carbons (Fsp3) is 0.400. The molecule has 1 unspecified atom stereocenters. The van der Waals surface area contributed by atoms with Crippen LogP contribution in [0.2, 0.25) is 0 Å². The van der Waals surface area contributed by atoms with E-state index in [1.807, 2.05) is 6.92 Å². The van der Waals surface area contributed by atoms with Crippen LogP contribution < -0.4 is 4.74 Å². The zero-order valence-electron chi connectivity index (χ0n) is 8.09. The Labute approximate surface area is 91.2 Å². The molecule has 0 heterocycles. The molecule has 1 rings (SSSR count). The van der Waals surface area contributed by atoms with E-state index in [-0.39, 0.29) is 17.7 Å². The third-order valence-corrected chi connectivity index (χ3v) is 2.26. The van der Waals surface area contributed by atoms with Gasteiger partial charge < -0.3 is 9.47 Å². The van der Waals surface area contributed by atoms with E-state index in [1.54, 1.807) is 19.2 Å². The lowest BCUT2D eigenvalue weighted by atomic mass is 10.3. The van der Waals surface area contributed by atoms with Crippen LogP contribution in [-0.4, -0.2) is 19.8 Å². The normalized spacial score (nSPS) is 12.6. The molecule has 4 heteroatoms. The number of benzene rings is 1. The van der Waals surface area contributed by atoms with Crippen molar-refractivity contribution in [3.8, 4) is 5.75 Å². The fourth-order valence-corrected chi connectivity index (χ4v) is 1.20. The van der Waals surface area contributed by atoms with Crippen LogP contribution in [0.25, 0.3) is 0 Å². The molecule has 1 atom stereocenters. The highest BCUT2D eigenvalue weighted by atomic mass is 79.9. The van der Waals surface area contributed by atoms with Gasteiger partial charge >= 0.3 is 0 Å². The average molecular weight is 263 g/mol. The first-order chi connectivity index (χ1) is 6.63. The minimum absolute atomic E-state index is 0.0478. The van der Waals surface area contributed by atoms with Crippen LogP contribution in [0, 0.1) is 5.82 Å². The van der Waals surface area contributed by atoms with E-state index >= 15 is 0 Å². The second-order valence-corrected chi connectivity index (χ2v) is 3.85. The van der Waals surface area contributed by atoms with Gasteiger partial charge in [0.2, 0.25) is 0 Å². The quantitative estimate of drug-likeness (QED) is 0.831. The minimum atomic E-state index is -0.364. The van der Waals surface area contributed by atoms with Gasteiger partial charge in [0.15, 0.2) is 11.6 Å². The topological polar surface area (TPSA) is 18.5 Å². The molecule has 0 saturated heterocycles. The molecule has 0 aliphatic rings. The van der Waals surface area contributed by atoms with Gasteiger partial charge in [-0.15, -0.1) is 0 Å². The molecule has 0 aliphatic carbocycles. The summed E-state index contributed by atoms with van der Waals surface area (Å²) < 4.78 is 24.2. The number of ether oxygens (including phenoxy) is 2. The summed E-state index contributed by atoms with van der Waals surface area (Å²) >= 11 is 3.24. The largest absolute Gasteiger partial charge is 0.488 e. The molecule has 0 aromatic heterocycles. The first-order valence-corrected chi connectivity index (χ1v) is 5.03. The van der Waals surface area contributed by atoms with Crippen LogP contribution in [0.1, 0.15) is 6.92 Å². The lowest BCUT2D eigenvalue weighted by Gasteiger charge is -2.11. The highest BCUT2D eigenvalue weighted by molar-refractivity contribution is 9.10. The second kappa shape index (κ2) is 5.32. The van der Waals surface area contributed by atoms with E-state index < -0.39 is 0 Å². The van der Waals surface area contributed by atoms with Crippen molar-refractivity contribution < 1.29 is 13.9 Å². The Morgan fingerprint density at radius 3 is 2.86 bits per heavy atom. The van der Waals surface area contributed by atoms with Gasteiger partial charge in [-0.25, -0.2) is 4.39 Å². The number of rotatable bonds is 4. The van der Waals surface area contributed by atoms with Crippen LogP contribution >= 0.6 is 15.9 Å². The molecule has 0 spiro atoms. The highest BCUT2D eigenvalue weighted by Crippen LogP contribution is 2.22. The Balaban J connectivity index is 2.62. The lowest BCUT2D eigenvalue weighted by molar-refractivity contribution is 0.0701. The molecule has 0 saturated carbocycles. The summed E-state index contributed by atoms with van der Waals surface area (Å²) in [5.41, 5.74) is 0. The molecule has 0 amide bonds. The summed E-state index contributed by atoms with van der Waals surface area (Å²) in [6.07, 6.45) is -0.0478. The molecular formula is C10H12BrFO2. The van der Waals surface area contributed by atoms with Crippen LogP contribution in [-0.2, 0) is 4.74 Å². The van der Waals surface area contributed by atoms with Crippen LogP contribution in [0.5, 0.6) is 5.75 Å². The summed E-state index contributed by atoms with van der Waals surface area (Å²) in [6, 6.07) is 4.58. The van der Waals surface area contributed by atoms with E-state index in [0.29, 0.717) is 6.61 Å². The molecular weight excluding hydrogens is 251 g/mol. The van der Waals surface area contributed by atoms with Crippen LogP contribution in [0.3, 0.4) is 0 Å². The van der Waals surface area contributed by atoms with Crippen molar-refractivity contribution in [3.63, 3.8) is 0 Å². The number of halogens is 2. The molecule has 0 bridgehead atoms. The van der Waals surface area contributed by atoms with Gasteiger partial charge in [0.05, 0.1) is 6.10 Å². The third-order valence-electron chi connectivity index (χ3n) is 1.77. The van der Waals surface area contributed by atoms with E-state index in [1.165, 1.54) is 6.07 Å². The third kappa shape index (κ3) is 3.27. The first-order valence-electron chi connectivity index (χ1n) is 4.24. The van der Waals surface area contributed by atoms with Crippen molar-refractivity contribution in [1.29, 1.82) is 0 Å². The molecule has 0 fully saturated rings. The van der Waals surface area contributed by atoms with E-state index in [0.717, 1.165) is 4.47 Å². The molecule has 2 nitrogen and oxygen atoms in total. The molecule has 0 aliphatic heterocycles. The molecule has 78 valence electrons.